The molecule has 8 nitrogen and oxygen atoms in total. The Balaban J connectivity index is 1.53. The average Bonchev–Trinajstić information content (AvgIpc) is 2.69. The number of carbonyl (C=O) groups is 1. The molecule has 2 aromatic carbocycles. The summed E-state index contributed by atoms with van der Waals surface area (Å²) in [5, 5.41) is 0. The van der Waals surface area contributed by atoms with Crippen molar-refractivity contribution in [3.05, 3.63) is 54.1 Å². The third kappa shape index (κ3) is 5.93. The Morgan fingerprint density at radius 3 is 2.24 bits per heavy atom. The van der Waals surface area contributed by atoms with Crippen LogP contribution in [0, 0.1) is 0 Å². The van der Waals surface area contributed by atoms with E-state index in [1.54, 1.807) is 36.4 Å². The van der Waals surface area contributed by atoms with E-state index in [4.69, 9.17) is 10.5 Å². The van der Waals surface area contributed by atoms with Crippen molar-refractivity contribution in [2.24, 2.45) is 5.73 Å². The van der Waals surface area contributed by atoms with Gasteiger partial charge < -0.3 is 20.3 Å². The van der Waals surface area contributed by atoms with Gasteiger partial charge in [-0.15, -0.1) is 0 Å². The summed E-state index contributed by atoms with van der Waals surface area (Å²) in [6.07, 6.45) is -0.362. The van der Waals surface area contributed by atoms with E-state index >= 15 is 0 Å². The lowest BCUT2D eigenvalue weighted by Crippen LogP contribution is -2.44. The molecule has 1 aliphatic rings. The van der Waals surface area contributed by atoms with E-state index in [0.29, 0.717) is 12.2 Å². The van der Waals surface area contributed by atoms with E-state index in [2.05, 4.69) is 21.6 Å². The van der Waals surface area contributed by atoms with Crippen LogP contribution in [-0.4, -0.2) is 59.2 Å². The number of hydrogen-bond acceptors (Lipinski definition) is 6. The van der Waals surface area contributed by atoms with Crippen LogP contribution in [0.2, 0.25) is 0 Å². The van der Waals surface area contributed by atoms with Crippen molar-refractivity contribution in [3.63, 3.8) is 0 Å². The van der Waals surface area contributed by atoms with Crippen LogP contribution < -0.4 is 20.1 Å². The molecule has 3 rings (SSSR count). The highest BCUT2D eigenvalue weighted by Crippen LogP contribution is 2.19. The van der Waals surface area contributed by atoms with Gasteiger partial charge in [0.15, 0.2) is 0 Å². The second kappa shape index (κ2) is 9.25. The topological polar surface area (TPSA) is 105 Å². The molecule has 0 saturated carbocycles. The highest BCUT2D eigenvalue weighted by molar-refractivity contribution is 7.89. The summed E-state index contributed by atoms with van der Waals surface area (Å²) in [4.78, 5) is 15.5. The van der Waals surface area contributed by atoms with Crippen molar-refractivity contribution in [2.75, 3.05) is 44.7 Å². The van der Waals surface area contributed by atoms with Crippen LogP contribution in [0.5, 0.6) is 5.75 Å². The maximum absolute atomic E-state index is 12.5. The number of nitrogens with one attached hydrogen (secondary N) is 1. The van der Waals surface area contributed by atoms with Crippen molar-refractivity contribution in [3.8, 4) is 5.75 Å². The number of amides is 1. The molecular formula is C20H26N4O4S. The molecular weight excluding hydrogens is 392 g/mol. The molecule has 0 aliphatic carbocycles. The van der Waals surface area contributed by atoms with Gasteiger partial charge in [-0.25, -0.2) is 17.9 Å². The van der Waals surface area contributed by atoms with Crippen molar-refractivity contribution >= 4 is 21.8 Å². The molecule has 9 heteroatoms. The minimum atomic E-state index is -3.57. The Hall–Kier alpha value is -2.62. The summed E-state index contributed by atoms with van der Waals surface area (Å²) in [5.74, 6) is 0.349. The highest BCUT2D eigenvalue weighted by atomic mass is 32.2. The smallest absolute Gasteiger partial charge is 0.409 e. The average molecular weight is 419 g/mol. The van der Waals surface area contributed by atoms with Gasteiger partial charge in [0.2, 0.25) is 10.0 Å². The van der Waals surface area contributed by atoms with Crippen LogP contribution in [-0.2, 0) is 16.4 Å². The normalized spacial score (nSPS) is 15.3. The molecule has 0 radical (unpaired) electrons. The number of piperazine rings is 1. The molecule has 156 valence electrons. The molecule has 29 heavy (non-hydrogen) atoms. The second-order valence-electron chi connectivity index (χ2n) is 7.00. The molecule has 0 bridgehead atoms. The lowest BCUT2D eigenvalue weighted by atomic mass is 10.1. The first-order chi connectivity index (χ1) is 13.8. The number of anilines is 1. The summed E-state index contributed by atoms with van der Waals surface area (Å²) >= 11 is 0. The molecule has 0 spiro atoms. The van der Waals surface area contributed by atoms with Crippen LogP contribution in [0.15, 0.2) is 53.4 Å². The monoisotopic (exact) mass is 418 g/mol. The van der Waals surface area contributed by atoms with Crippen molar-refractivity contribution in [2.45, 2.75) is 11.3 Å². The van der Waals surface area contributed by atoms with Gasteiger partial charge in [0.05, 0.1) is 4.90 Å². The van der Waals surface area contributed by atoms with Crippen molar-refractivity contribution in [1.29, 1.82) is 0 Å². The minimum Gasteiger partial charge on any atom is -0.411 e. The van der Waals surface area contributed by atoms with E-state index in [-0.39, 0.29) is 11.4 Å². The van der Waals surface area contributed by atoms with E-state index in [1.165, 1.54) is 0 Å². The maximum Gasteiger partial charge on any atom is 0.409 e. The first kappa shape index (κ1) is 21.1. The third-order valence-electron chi connectivity index (χ3n) is 4.86. The standard InChI is InChI=1S/C20H26N4O4S/c1-23-12-14-24(15-13-23)17-4-8-19(9-5-17)29(26,27)22-11-10-16-2-6-18(7-3-16)28-20(21)25/h2-9,22H,10-15H2,1H3,(H2,21,25). The number of nitrogens with two attached hydrogens (primary N) is 1. The van der Waals surface area contributed by atoms with Gasteiger partial charge in [-0.2, -0.15) is 0 Å². The van der Waals surface area contributed by atoms with Crippen LogP contribution in [0.1, 0.15) is 5.56 Å². The van der Waals surface area contributed by atoms with E-state index < -0.39 is 16.1 Å². The van der Waals surface area contributed by atoms with Gasteiger partial charge in [-0.05, 0) is 55.4 Å². The number of benzene rings is 2. The first-order valence-corrected chi connectivity index (χ1v) is 10.9. The SMILES string of the molecule is CN1CCN(c2ccc(S(=O)(=O)NCCc3ccc(OC(N)=O)cc3)cc2)CC1. The fourth-order valence-electron chi connectivity index (χ4n) is 3.15. The van der Waals surface area contributed by atoms with Crippen LogP contribution >= 0.6 is 0 Å². The zero-order chi connectivity index (χ0) is 20.9. The molecule has 0 aromatic heterocycles. The number of hydrogen-bond donors (Lipinski definition) is 2. The van der Waals surface area contributed by atoms with Gasteiger partial charge >= 0.3 is 6.09 Å². The van der Waals surface area contributed by atoms with Crippen molar-refractivity contribution < 1.29 is 17.9 Å². The number of nitrogens with zero attached hydrogens (tertiary/aromatic N) is 2. The third-order valence-corrected chi connectivity index (χ3v) is 6.34. The fraction of sp³-hybridized carbons (Fsp3) is 0.350. The van der Waals surface area contributed by atoms with Gasteiger partial charge in [0.25, 0.3) is 0 Å². The summed E-state index contributed by atoms with van der Waals surface area (Å²) in [6.45, 7) is 4.13. The van der Waals surface area contributed by atoms with Crippen molar-refractivity contribution in [1.82, 2.24) is 9.62 Å². The number of carbonyl (C=O) groups excluding carboxylic acids is 1. The number of ether oxygens (including phenoxy) is 1. The Bertz CT molecular complexity index is 922. The summed E-state index contributed by atoms with van der Waals surface area (Å²) in [7, 11) is -1.47. The van der Waals surface area contributed by atoms with E-state index in [0.717, 1.165) is 37.4 Å². The summed E-state index contributed by atoms with van der Waals surface area (Å²) in [6, 6.07) is 13.8. The number of likely N-dealkylation sites (N-methyl/N-ethyl adjacent to an activating group) is 1. The molecule has 1 heterocycles. The maximum atomic E-state index is 12.5. The Morgan fingerprint density at radius 2 is 1.66 bits per heavy atom. The Morgan fingerprint density at radius 1 is 1.03 bits per heavy atom. The summed E-state index contributed by atoms with van der Waals surface area (Å²) in [5.41, 5.74) is 6.91. The van der Waals surface area contributed by atoms with E-state index in [9.17, 15) is 13.2 Å². The molecule has 2 aromatic rings. The van der Waals surface area contributed by atoms with Crippen LogP contribution in [0.25, 0.3) is 0 Å². The predicted molar refractivity (Wildman–Crippen MR) is 112 cm³/mol. The number of rotatable bonds is 7. The van der Waals surface area contributed by atoms with E-state index in [1.807, 2.05) is 12.1 Å². The van der Waals surface area contributed by atoms with Crippen LogP contribution in [0.3, 0.4) is 0 Å². The Labute approximate surface area is 171 Å². The van der Waals surface area contributed by atoms with Gasteiger partial charge in [0.1, 0.15) is 5.75 Å². The molecule has 1 fully saturated rings. The van der Waals surface area contributed by atoms with Gasteiger partial charge in [-0.3, -0.25) is 0 Å². The minimum absolute atomic E-state index is 0.251. The fourth-order valence-corrected chi connectivity index (χ4v) is 4.19. The first-order valence-electron chi connectivity index (χ1n) is 9.43. The van der Waals surface area contributed by atoms with Crippen LogP contribution in [0.4, 0.5) is 10.5 Å². The zero-order valence-corrected chi connectivity index (χ0v) is 17.2. The predicted octanol–water partition coefficient (Wildman–Crippen LogP) is 1.42. The number of sulfonamides is 1. The highest BCUT2D eigenvalue weighted by Gasteiger charge is 2.17. The summed E-state index contributed by atoms with van der Waals surface area (Å²) < 4.78 is 32.4. The zero-order valence-electron chi connectivity index (χ0n) is 16.4. The molecule has 1 saturated heterocycles. The lowest BCUT2D eigenvalue weighted by molar-refractivity contribution is 0.211. The van der Waals surface area contributed by atoms with Gasteiger partial charge in [-0.1, -0.05) is 12.1 Å². The lowest BCUT2D eigenvalue weighted by Gasteiger charge is -2.34. The molecule has 1 amide bonds. The molecule has 0 atom stereocenters. The molecule has 3 N–H and O–H groups in total. The second-order valence-corrected chi connectivity index (χ2v) is 8.76. The molecule has 1 aliphatic heterocycles. The molecule has 0 unspecified atom stereocenters. The Kier molecular flexibility index (Phi) is 6.73. The number of primary amides is 1. The quantitative estimate of drug-likeness (QED) is 0.705. The van der Waals surface area contributed by atoms with Gasteiger partial charge in [0, 0.05) is 38.4 Å². The largest absolute Gasteiger partial charge is 0.411 e.